The molecule has 180 valence electrons. The lowest BCUT2D eigenvalue weighted by molar-refractivity contribution is -0.114. The Bertz CT molecular complexity index is 1280. The maximum Gasteiger partial charge on any atom is 0.263 e. The number of fused-ring (bicyclic) bond motifs is 3. The molecule has 2 heterocycles. The number of methoxy groups -OCH3 is 1. The van der Waals surface area contributed by atoms with Gasteiger partial charge in [0.2, 0.25) is 5.91 Å². The average molecular weight is 471 g/mol. The van der Waals surface area contributed by atoms with Crippen molar-refractivity contribution in [1.29, 1.82) is 0 Å². The predicted octanol–water partition coefficient (Wildman–Crippen LogP) is 5.73. The number of amides is 1. The van der Waals surface area contributed by atoms with Gasteiger partial charge in [-0.15, -0.1) is 0 Å². The van der Waals surface area contributed by atoms with Gasteiger partial charge in [-0.25, -0.2) is 18.7 Å². The number of hydrogen-bond donors (Lipinski definition) is 2. The number of hydrogen-bond acceptors (Lipinski definition) is 6. The zero-order valence-electron chi connectivity index (χ0n) is 20.0. The van der Waals surface area contributed by atoms with Gasteiger partial charge < -0.3 is 20.1 Å². The number of aryl methyl sites for hydroxylation is 1. The molecule has 0 saturated heterocycles. The van der Waals surface area contributed by atoms with Crippen LogP contribution in [0.3, 0.4) is 0 Å². The molecule has 3 aromatic rings. The van der Waals surface area contributed by atoms with E-state index in [0.29, 0.717) is 40.8 Å². The Morgan fingerprint density at radius 1 is 1.18 bits per heavy atom. The Hall–Kier alpha value is -3.49. The van der Waals surface area contributed by atoms with Crippen molar-refractivity contribution in [2.45, 2.75) is 59.1 Å². The van der Waals surface area contributed by atoms with E-state index in [1.165, 1.54) is 19.1 Å². The van der Waals surface area contributed by atoms with Crippen molar-refractivity contribution in [3.05, 3.63) is 46.8 Å². The summed E-state index contributed by atoms with van der Waals surface area (Å²) in [6.45, 7) is 9.01. The summed E-state index contributed by atoms with van der Waals surface area (Å²) < 4.78 is 38.7. The van der Waals surface area contributed by atoms with E-state index in [4.69, 9.17) is 9.47 Å². The van der Waals surface area contributed by atoms with Crippen molar-refractivity contribution >= 4 is 28.3 Å². The molecule has 2 N–H and O–H groups in total. The SMILES string of the molecule is COc1cc2c(N[C@H](C)c3cc(NC(C)=O)cc(C(F)F)c3)nc(C)nc2c2c1OC(C)(C)C2. The standard InChI is InChI=1S/C25H28F2N4O3/c1-12(15-7-16(23(26)27)9-17(8-15)31-14(3)32)28-24-18-10-20(33-6)22-19(11-25(4,5)34-22)21(18)29-13(2)30-24/h7-10,12,23H,11H2,1-6H3,(H,31,32)(H,28,29,30)/t12-/m1/s1. The number of anilines is 2. The molecule has 7 nitrogen and oxygen atoms in total. The molecule has 9 heteroatoms. The number of alkyl halides is 2. The van der Waals surface area contributed by atoms with Crippen LogP contribution in [-0.4, -0.2) is 28.6 Å². The van der Waals surface area contributed by atoms with Crippen LogP contribution in [0, 0.1) is 6.92 Å². The van der Waals surface area contributed by atoms with Crippen LogP contribution >= 0.6 is 0 Å². The minimum absolute atomic E-state index is 0.169. The van der Waals surface area contributed by atoms with Crippen molar-refractivity contribution in [3.8, 4) is 11.5 Å². The Morgan fingerprint density at radius 3 is 2.53 bits per heavy atom. The van der Waals surface area contributed by atoms with Gasteiger partial charge in [-0.2, -0.15) is 0 Å². The van der Waals surface area contributed by atoms with Gasteiger partial charge in [0.15, 0.2) is 11.5 Å². The van der Waals surface area contributed by atoms with E-state index in [1.54, 1.807) is 20.1 Å². The molecule has 0 radical (unpaired) electrons. The summed E-state index contributed by atoms with van der Waals surface area (Å²) in [5, 5.41) is 6.69. The largest absolute Gasteiger partial charge is 0.493 e. The third-order valence-corrected chi connectivity index (χ3v) is 5.72. The van der Waals surface area contributed by atoms with Crippen LogP contribution in [-0.2, 0) is 11.2 Å². The Balaban J connectivity index is 1.78. The van der Waals surface area contributed by atoms with Crippen molar-refractivity contribution in [2.24, 2.45) is 0 Å². The number of benzene rings is 2. The molecule has 1 aliphatic heterocycles. The molecule has 0 fully saturated rings. The second-order valence-corrected chi connectivity index (χ2v) is 9.18. The van der Waals surface area contributed by atoms with E-state index in [-0.39, 0.29) is 17.1 Å². The quantitative estimate of drug-likeness (QED) is 0.479. The molecule has 0 bridgehead atoms. The van der Waals surface area contributed by atoms with Crippen LogP contribution in [0.5, 0.6) is 11.5 Å². The van der Waals surface area contributed by atoms with Crippen LogP contribution in [0.2, 0.25) is 0 Å². The fraction of sp³-hybridized carbons (Fsp3) is 0.400. The number of rotatable bonds is 6. The van der Waals surface area contributed by atoms with Crippen molar-refractivity contribution in [3.63, 3.8) is 0 Å². The third-order valence-electron chi connectivity index (χ3n) is 5.72. The monoisotopic (exact) mass is 470 g/mol. The summed E-state index contributed by atoms with van der Waals surface area (Å²) in [7, 11) is 1.58. The van der Waals surface area contributed by atoms with E-state index in [2.05, 4.69) is 20.6 Å². The first kappa shape index (κ1) is 23.7. The lowest BCUT2D eigenvalue weighted by atomic mass is 9.98. The molecule has 1 amide bonds. The van der Waals surface area contributed by atoms with Crippen molar-refractivity contribution in [1.82, 2.24) is 9.97 Å². The van der Waals surface area contributed by atoms with Gasteiger partial charge in [0.05, 0.1) is 18.7 Å². The van der Waals surface area contributed by atoms with E-state index < -0.39 is 12.5 Å². The highest BCUT2D eigenvalue weighted by atomic mass is 19.3. The van der Waals surface area contributed by atoms with Crippen LogP contribution in [0.1, 0.15) is 62.7 Å². The number of carbonyl (C=O) groups excluding carboxylic acids is 1. The van der Waals surface area contributed by atoms with E-state index >= 15 is 0 Å². The first-order valence-corrected chi connectivity index (χ1v) is 11.0. The molecule has 0 aliphatic carbocycles. The predicted molar refractivity (Wildman–Crippen MR) is 127 cm³/mol. The summed E-state index contributed by atoms with van der Waals surface area (Å²) >= 11 is 0. The molecule has 1 aromatic heterocycles. The van der Waals surface area contributed by atoms with Crippen LogP contribution in [0.4, 0.5) is 20.3 Å². The summed E-state index contributed by atoms with van der Waals surface area (Å²) in [5.41, 5.74) is 2.06. The number of carbonyl (C=O) groups is 1. The maximum atomic E-state index is 13.5. The molecule has 1 atom stereocenters. The normalized spacial score (nSPS) is 15.1. The van der Waals surface area contributed by atoms with E-state index in [0.717, 1.165) is 16.5 Å². The summed E-state index contributed by atoms with van der Waals surface area (Å²) in [5.74, 6) is 2.07. The molecular weight excluding hydrogens is 442 g/mol. The molecule has 34 heavy (non-hydrogen) atoms. The van der Waals surface area contributed by atoms with Crippen LogP contribution in [0.25, 0.3) is 10.9 Å². The Morgan fingerprint density at radius 2 is 1.88 bits per heavy atom. The number of ether oxygens (including phenoxy) is 2. The Labute approximate surface area is 196 Å². The fourth-order valence-electron chi connectivity index (χ4n) is 4.29. The van der Waals surface area contributed by atoms with Gasteiger partial charge >= 0.3 is 0 Å². The Kier molecular flexibility index (Phi) is 6.05. The van der Waals surface area contributed by atoms with Gasteiger partial charge in [-0.3, -0.25) is 4.79 Å². The van der Waals surface area contributed by atoms with Crippen LogP contribution in [0.15, 0.2) is 24.3 Å². The smallest absolute Gasteiger partial charge is 0.263 e. The van der Waals surface area contributed by atoms with Gasteiger partial charge in [-0.1, -0.05) is 0 Å². The highest BCUT2D eigenvalue weighted by Crippen LogP contribution is 2.46. The molecule has 0 saturated carbocycles. The molecule has 0 spiro atoms. The second kappa shape index (κ2) is 8.70. The number of aromatic nitrogens is 2. The third kappa shape index (κ3) is 4.60. The molecule has 2 aromatic carbocycles. The molecule has 0 unspecified atom stereocenters. The zero-order chi connectivity index (χ0) is 24.8. The summed E-state index contributed by atoms with van der Waals surface area (Å²) in [4.78, 5) is 20.8. The van der Waals surface area contributed by atoms with E-state index in [1.807, 2.05) is 26.8 Å². The average Bonchev–Trinajstić information content (AvgIpc) is 3.08. The van der Waals surface area contributed by atoms with Crippen molar-refractivity contribution in [2.75, 3.05) is 17.7 Å². The van der Waals surface area contributed by atoms with Gasteiger partial charge in [-0.05, 0) is 57.5 Å². The molecule has 1 aliphatic rings. The highest BCUT2D eigenvalue weighted by molar-refractivity contribution is 5.95. The van der Waals surface area contributed by atoms with Gasteiger partial charge in [0, 0.05) is 35.5 Å². The number of halogens is 2. The number of nitrogens with one attached hydrogen (secondary N) is 2. The van der Waals surface area contributed by atoms with Crippen molar-refractivity contribution < 1.29 is 23.0 Å². The van der Waals surface area contributed by atoms with Gasteiger partial charge in [0.25, 0.3) is 6.43 Å². The van der Waals surface area contributed by atoms with Gasteiger partial charge in [0.1, 0.15) is 17.2 Å². The first-order valence-electron chi connectivity index (χ1n) is 11.0. The lowest BCUT2D eigenvalue weighted by Gasteiger charge is -2.20. The second-order valence-electron chi connectivity index (χ2n) is 9.18. The molecule has 4 rings (SSSR count). The first-order chi connectivity index (χ1) is 16.0. The minimum Gasteiger partial charge on any atom is -0.493 e. The fourth-order valence-corrected chi connectivity index (χ4v) is 4.29. The van der Waals surface area contributed by atoms with Crippen LogP contribution < -0.4 is 20.1 Å². The number of nitrogens with zero attached hydrogens (tertiary/aromatic N) is 2. The molecular formula is C25H28F2N4O3. The zero-order valence-corrected chi connectivity index (χ0v) is 20.0. The van der Waals surface area contributed by atoms with E-state index in [9.17, 15) is 13.6 Å². The lowest BCUT2D eigenvalue weighted by Crippen LogP contribution is -2.24. The highest BCUT2D eigenvalue weighted by Gasteiger charge is 2.35. The topological polar surface area (TPSA) is 85.4 Å². The maximum absolute atomic E-state index is 13.5. The minimum atomic E-state index is -2.67. The summed E-state index contributed by atoms with van der Waals surface area (Å²) in [6.07, 6.45) is -2.00. The summed E-state index contributed by atoms with van der Waals surface area (Å²) in [6, 6.07) is 5.83.